The second-order valence-corrected chi connectivity index (χ2v) is 5.75. The van der Waals surface area contributed by atoms with Gasteiger partial charge < -0.3 is 9.64 Å². The minimum Gasteiger partial charge on any atom is -0.381 e. The Bertz CT molecular complexity index is 354. The molecule has 0 bridgehead atoms. The molecule has 0 saturated carbocycles. The quantitative estimate of drug-likeness (QED) is 0.722. The number of hydrogen-bond donors (Lipinski definition) is 0. The normalized spacial score (nSPS) is 10.5. The molecule has 0 aliphatic heterocycles. The van der Waals surface area contributed by atoms with Crippen LogP contribution in [0.5, 0.6) is 0 Å². The Morgan fingerprint density at radius 2 is 2.29 bits per heavy atom. The lowest BCUT2D eigenvalue weighted by Gasteiger charge is -2.16. The first-order chi connectivity index (χ1) is 8.13. The molecule has 0 unspecified atom stereocenters. The van der Waals surface area contributed by atoms with E-state index in [0.717, 1.165) is 17.5 Å². The molecule has 5 heteroatoms. The SMILES string of the molecule is CCCOCCC(=O)N(C)Cc1cc(Br)cs1. The van der Waals surface area contributed by atoms with Gasteiger partial charge in [-0.1, -0.05) is 6.92 Å². The summed E-state index contributed by atoms with van der Waals surface area (Å²) in [6.07, 6.45) is 1.45. The van der Waals surface area contributed by atoms with E-state index in [9.17, 15) is 4.79 Å². The summed E-state index contributed by atoms with van der Waals surface area (Å²) in [5, 5.41) is 2.03. The maximum absolute atomic E-state index is 11.8. The standard InChI is InChI=1S/C12H18BrNO2S/c1-3-5-16-6-4-12(15)14(2)8-11-7-10(13)9-17-11/h7,9H,3-6,8H2,1-2H3. The van der Waals surface area contributed by atoms with Gasteiger partial charge in [0.15, 0.2) is 0 Å². The molecule has 0 aliphatic rings. The van der Waals surface area contributed by atoms with Gasteiger partial charge in [-0.2, -0.15) is 0 Å². The Labute approximate surface area is 115 Å². The maximum atomic E-state index is 11.8. The largest absolute Gasteiger partial charge is 0.381 e. The van der Waals surface area contributed by atoms with E-state index in [1.54, 1.807) is 16.2 Å². The Kier molecular flexibility index (Phi) is 6.77. The minimum atomic E-state index is 0.130. The minimum absolute atomic E-state index is 0.130. The van der Waals surface area contributed by atoms with Gasteiger partial charge in [-0.05, 0) is 28.4 Å². The van der Waals surface area contributed by atoms with Crippen LogP contribution in [-0.4, -0.2) is 31.1 Å². The molecule has 0 N–H and O–H groups in total. The predicted octanol–water partition coefficient (Wildman–Crippen LogP) is 3.29. The van der Waals surface area contributed by atoms with Crippen molar-refractivity contribution in [2.75, 3.05) is 20.3 Å². The Morgan fingerprint density at radius 1 is 1.53 bits per heavy atom. The molecule has 1 aromatic heterocycles. The lowest BCUT2D eigenvalue weighted by molar-refractivity contribution is -0.131. The fraction of sp³-hybridized carbons (Fsp3) is 0.583. The van der Waals surface area contributed by atoms with Gasteiger partial charge in [-0.15, -0.1) is 11.3 Å². The molecule has 0 aliphatic carbocycles. The van der Waals surface area contributed by atoms with Crippen LogP contribution in [0.2, 0.25) is 0 Å². The van der Waals surface area contributed by atoms with Crippen molar-refractivity contribution in [1.82, 2.24) is 4.90 Å². The molecule has 96 valence electrons. The molecule has 1 rings (SSSR count). The third-order valence-electron chi connectivity index (χ3n) is 2.25. The summed E-state index contributed by atoms with van der Waals surface area (Å²) >= 11 is 5.06. The number of nitrogens with zero attached hydrogens (tertiary/aromatic N) is 1. The summed E-state index contributed by atoms with van der Waals surface area (Å²) in [5.41, 5.74) is 0. The third-order valence-corrected chi connectivity index (χ3v) is 3.93. The molecule has 0 fully saturated rings. The number of thiophene rings is 1. The highest BCUT2D eigenvalue weighted by Crippen LogP contribution is 2.20. The molecular formula is C12H18BrNO2S. The van der Waals surface area contributed by atoms with Crippen molar-refractivity contribution in [3.05, 3.63) is 20.8 Å². The fourth-order valence-electron chi connectivity index (χ4n) is 1.36. The zero-order valence-electron chi connectivity index (χ0n) is 10.2. The topological polar surface area (TPSA) is 29.5 Å². The molecular weight excluding hydrogens is 302 g/mol. The third kappa shape index (κ3) is 5.66. The lowest BCUT2D eigenvalue weighted by atomic mass is 10.3. The monoisotopic (exact) mass is 319 g/mol. The number of rotatable bonds is 7. The summed E-state index contributed by atoms with van der Waals surface area (Å²) in [5.74, 6) is 0.130. The van der Waals surface area contributed by atoms with Crippen LogP contribution in [0.4, 0.5) is 0 Å². The smallest absolute Gasteiger partial charge is 0.224 e. The molecule has 1 aromatic rings. The molecule has 0 aromatic carbocycles. The summed E-state index contributed by atoms with van der Waals surface area (Å²) < 4.78 is 6.38. The highest BCUT2D eigenvalue weighted by atomic mass is 79.9. The van der Waals surface area contributed by atoms with E-state index in [-0.39, 0.29) is 5.91 Å². The van der Waals surface area contributed by atoms with E-state index in [2.05, 4.69) is 22.9 Å². The number of halogens is 1. The van der Waals surface area contributed by atoms with Crippen LogP contribution in [0.1, 0.15) is 24.6 Å². The van der Waals surface area contributed by atoms with Crippen molar-refractivity contribution < 1.29 is 9.53 Å². The highest BCUT2D eigenvalue weighted by Gasteiger charge is 2.10. The van der Waals surface area contributed by atoms with Crippen LogP contribution in [-0.2, 0) is 16.1 Å². The van der Waals surface area contributed by atoms with Crippen molar-refractivity contribution in [3.8, 4) is 0 Å². The van der Waals surface area contributed by atoms with Gasteiger partial charge in [0.1, 0.15) is 0 Å². The van der Waals surface area contributed by atoms with Gasteiger partial charge >= 0.3 is 0 Å². The molecule has 0 saturated heterocycles. The Hall–Kier alpha value is -0.390. The molecule has 0 spiro atoms. The van der Waals surface area contributed by atoms with E-state index in [1.807, 2.05) is 18.5 Å². The van der Waals surface area contributed by atoms with Crippen LogP contribution in [0, 0.1) is 0 Å². The maximum Gasteiger partial charge on any atom is 0.224 e. The lowest BCUT2D eigenvalue weighted by Crippen LogP contribution is -2.26. The van der Waals surface area contributed by atoms with Crippen molar-refractivity contribution in [2.24, 2.45) is 0 Å². The Balaban J connectivity index is 2.27. The zero-order chi connectivity index (χ0) is 12.7. The molecule has 17 heavy (non-hydrogen) atoms. The van der Waals surface area contributed by atoms with Crippen LogP contribution in [0.25, 0.3) is 0 Å². The van der Waals surface area contributed by atoms with Gasteiger partial charge in [0.25, 0.3) is 0 Å². The van der Waals surface area contributed by atoms with Gasteiger partial charge in [0.2, 0.25) is 5.91 Å². The average Bonchev–Trinajstić information content (AvgIpc) is 2.70. The van der Waals surface area contributed by atoms with Gasteiger partial charge in [-0.3, -0.25) is 4.79 Å². The first kappa shape index (κ1) is 14.7. The van der Waals surface area contributed by atoms with Gasteiger partial charge in [0, 0.05) is 28.4 Å². The Morgan fingerprint density at radius 3 is 2.88 bits per heavy atom. The van der Waals surface area contributed by atoms with E-state index in [0.29, 0.717) is 19.6 Å². The molecule has 1 amide bonds. The van der Waals surface area contributed by atoms with Crippen LogP contribution >= 0.6 is 27.3 Å². The number of amides is 1. The summed E-state index contributed by atoms with van der Waals surface area (Å²) in [4.78, 5) is 14.7. The van der Waals surface area contributed by atoms with Gasteiger partial charge in [-0.25, -0.2) is 0 Å². The molecule has 0 radical (unpaired) electrons. The first-order valence-corrected chi connectivity index (χ1v) is 7.35. The summed E-state index contributed by atoms with van der Waals surface area (Å²) in [6.45, 7) is 3.98. The van der Waals surface area contributed by atoms with Crippen LogP contribution in [0.3, 0.4) is 0 Å². The summed E-state index contributed by atoms with van der Waals surface area (Å²) in [7, 11) is 1.83. The van der Waals surface area contributed by atoms with Crippen LogP contribution in [0.15, 0.2) is 15.9 Å². The zero-order valence-corrected chi connectivity index (χ0v) is 12.6. The van der Waals surface area contributed by atoms with E-state index in [1.165, 1.54) is 4.88 Å². The summed E-state index contributed by atoms with van der Waals surface area (Å²) in [6, 6.07) is 2.04. The predicted molar refractivity (Wildman–Crippen MR) is 74.2 cm³/mol. The highest BCUT2D eigenvalue weighted by molar-refractivity contribution is 9.10. The fourth-order valence-corrected chi connectivity index (χ4v) is 2.86. The van der Waals surface area contributed by atoms with Crippen molar-refractivity contribution in [3.63, 3.8) is 0 Å². The molecule has 0 atom stereocenters. The van der Waals surface area contributed by atoms with E-state index < -0.39 is 0 Å². The van der Waals surface area contributed by atoms with Crippen molar-refractivity contribution in [2.45, 2.75) is 26.3 Å². The van der Waals surface area contributed by atoms with Crippen molar-refractivity contribution in [1.29, 1.82) is 0 Å². The second-order valence-electron chi connectivity index (χ2n) is 3.84. The van der Waals surface area contributed by atoms with Crippen molar-refractivity contribution >= 4 is 33.2 Å². The van der Waals surface area contributed by atoms with Crippen LogP contribution < -0.4 is 0 Å². The number of ether oxygens (including phenoxy) is 1. The van der Waals surface area contributed by atoms with E-state index >= 15 is 0 Å². The first-order valence-electron chi connectivity index (χ1n) is 5.68. The second kappa shape index (κ2) is 7.84. The molecule has 1 heterocycles. The average molecular weight is 320 g/mol. The number of carbonyl (C=O) groups excluding carboxylic acids is 1. The van der Waals surface area contributed by atoms with E-state index in [4.69, 9.17) is 4.74 Å². The number of hydrogen-bond acceptors (Lipinski definition) is 3. The number of carbonyl (C=O) groups is 1. The van der Waals surface area contributed by atoms with Gasteiger partial charge in [0.05, 0.1) is 19.6 Å². The molecule has 3 nitrogen and oxygen atoms in total.